The Hall–Kier alpha value is -0.390. The maximum atomic E-state index is 12.0. The number of sulfonamides is 1. The van der Waals surface area contributed by atoms with Gasteiger partial charge in [-0.2, -0.15) is 0 Å². The summed E-state index contributed by atoms with van der Waals surface area (Å²) in [7, 11) is -3.38. The average Bonchev–Trinajstić information content (AvgIpc) is 2.27. The van der Waals surface area contributed by atoms with Crippen LogP contribution in [0.3, 0.4) is 0 Å². The summed E-state index contributed by atoms with van der Waals surface area (Å²) < 4.78 is 26.7. The lowest BCUT2D eigenvalue weighted by Gasteiger charge is -2.12. The number of rotatable bonds is 6. The third kappa shape index (κ3) is 4.41. The lowest BCUT2D eigenvalue weighted by Crippen LogP contribution is -2.30. The SMILES string of the molecule is CCCC(Br)CNS(=O)(=O)c1ccccc1C. The first-order valence-corrected chi connectivity index (χ1v) is 8.06. The molecule has 0 aromatic heterocycles. The van der Waals surface area contributed by atoms with Crippen LogP contribution in [0.5, 0.6) is 0 Å². The number of halogens is 1. The quantitative estimate of drug-likeness (QED) is 0.819. The summed E-state index contributed by atoms with van der Waals surface area (Å²) in [6, 6.07) is 6.99. The molecule has 0 spiro atoms. The number of hydrogen-bond acceptors (Lipinski definition) is 2. The second kappa shape index (κ2) is 6.52. The van der Waals surface area contributed by atoms with Gasteiger partial charge in [-0.25, -0.2) is 13.1 Å². The predicted octanol–water partition coefficient (Wildman–Crippen LogP) is 2.84. The Bertz CT molecular complexity index is 459. The van der Waals surface area contributed by atoms with Crippen molar-refractivity contribution in [3.63, 3.8) is 0 Å². The summed E-state index contributed by atoms with van der Waals surface area (Å²) in [6.45, 7) is 4.29. The second-order valence-electron chi connectivity index (χ2n) is 4.00. The fraction of sp³-hybridized carbons (Fsp3) is 0.500. The van der Waals surface area contributed by atoms with Gasteiger partial charge in [-0.3, -0.25) is 0 Å². The zero-order valence-corrected chi connectivity index (χ0v) is 12.5. The topological polar surface area (TPSA) is 46.2 Å². The van der Waals surface area contributed by atoms with Crippen molar-refractivity contribution in [1.82, 2.24) is 4.72 Å². The van der Waals surface area contributed by atoms with E-state index in [1.54, 1.807) is 25.1 Å². The number of aryl methyl sites for hydroxylation is 1. The lowest BCUT2D eigenvalue weighted by atomic mass is 10.2. The zero-order chi connectivity index (χ0) is 12.9. The first-order chi connectivity index (χ1) is 7.97. The number of nitrogens with one attached hydrogen (secondary N) is 1. The minimum absolute atomic E-state index is 0.186. The Balaban J connectivity index is 2.73. The monoisotopic (exact) mass is 319 g/mol. The lowest BCUT2D eigenvalue weighted by molar-refractivity contribution is 0.577. The summed E-state index contributed by atoms with van der Waals surface area (Å²) in [5, 5.41) is 0. The Kier molecular flexibility index (Phi) is 5.62. The fourth-order valence-electron chi connectivity index (χ4n) is 1.55. The molecule has 0 aliphatic rings. The van der Waals surface area contributed by atoms with Gasteiger partial charge in [0.15, 0.2) is 0 Å². The molecule has 3 nitrogen and oxygen atoms in total. The van der Waals surface area contributed by atoms with Crippen molar-refractivity contribution >= 4 is 26.0 Å². The summed E-state index contributed by atoms with van der Waals surface area (Å²) in [5.74, 6) is 0. The maximum absolute atomic E-state index is 12.0. The summed E-state index contributed by atoms with van der Waals surface area (Å²) in [4.78, 5) is 0.544. The molecular formula is C12H18BrNO2S. The third-order valence-corrected chi connectivity index (χ3v) is 4.85. The van der Waals surface area contributed by atoms with Crippen molar-refractivity contribution in [3.8, 4) is 0 Å². The van der Waals surface area contributed by atoms with Crippen LogP contribution in [0.15, 0.2) is 29.2 Å². The molecule has 0 saturated carbocycles. The fourth-order valence-corrected chi connectivity index (χ4v) is 3.71. The maximum Gasteiger partial charge on any atom is 0.240 e. The van der Waals surface area contributed by atoms with Crippen LogP contribution in [0.4, 0.5) is 0 Å². The molecule has 0 radical (unpaired) electrons. The molecule has 0 saturated heterocycles. The van der Waals surface area contributed by atoms with Crippen LogP contribution in [-0.4, -0.2) is 19.8 Å². The van der Waals surface area contributed by atoms with Crippen molar-refractivity contribution in [2.45, 2.75) is 36.4 Å². The van der Waals surface area contributed by atoms with Gasteiger partial charge in [0.25, 0.3) is 0 Å². The highest BCUT2D eigenvalue weighted by atomic mass is 79.9. The van der Waals surface area contributed by atoms with Gasteiger partial charge in [0.05, 0.1) is 4.90 Å². The predicted molar refractivity (Wildman–Crippen MR) is 74.0 cm³/mol. The molecule has 0 fully saturated rings. The minimum Gasteiger partial charge on any atom is -0.210 e. The van der Waals surface area contributed by atoms with E-state index < -0.39 is 10.0 Å². The molecule has 0 aliphatic heterocycles. The van der Waals surface area contributed by atoms with Crippen LogP contribution in [0.1, 0.15) is 25.3 Å². The average molecular weight is 320 g/mol. The molecule has 5 heteroatoms. The van der Waals surface area contributed by atoms with Crippen molar-refractivity contribution < 1.29 is 8.42 Å². The van der Waals surface area contributed by atoms with E-state index in [4.69, 9.17) is 0 Å². The van der Waals surface area contributed by atoms with Gasteiger partial charge in [-0.1, -0.05) is 47.5 Å². The highest BCUT2D eigenvalue weighted by Gasteiger charge is 2.16. The van der Waals surface area contributed by atoms with E-state index in [1.165, 1.54) is 0 Å². The van der Waals surface area contributed by atoms with E-state index >= 15 is 0 Å². The van der Waals surface area contributed by atoms with Crippen LogP contribution in [0.25, 0.3) is 0 Å². The van der Waals surface area contributed by atoms with Gasteiger partial charge < -0.3 is 0 Å². The van der Waals surface area contributed by atoms with E-state index in [0.29, 0.717) is 11.4 Å². The van der Waals surface area contributed by atoms with Gasteiger partial charge in [-0.15, -0.1) is 0 Å². The Morgan fingerprint density at radius 3 is 2.59 bits per heavy atom. The van der Waals surface area contributed by atoms with E-state index in [-0.39, 0.29) is 4.83 Å². The largest absolute Gasteiger partial charge is 0.240 e. The van der Waals surface area contributed by atoms with Crippen molar-refractivity contribution in [2.24, 2.45) is 0 Å². The molecular weight excluding hydrogens is 302 g/mol. The van der Waals surface area contributed by atoms with E-state index in [1.807, 2.05) is 6.07 Å². The smallest absolute Gasteiger partial charge is 0.210 e. The Morgan fingerprint density at radius 2 is 2.00 bits per heavy atom. The molecule has 0 aliphatic carbocycles. The van der Waals surface area contributed by atoms with E-state index in [9.17, 15) is 8.42 Å². The molecule has 1 atom stereocenters. The molecule has 1 rings (SSSR count). The van der Waals surface area contributed by atoms with Crippen molar-refractivity contribution in [1.29, 1.82) is 0 Å². The highest BCUT2D eigenvalue weighted by molar-refractivity contribution is 9.09. The van der Waals surface area contributed by atoms with Crippen LogP contribution in [0, 0.1) is 6.92 Å². The van der Waals surface area contributed by atoms with Gasteiger partial charge >= 0.3 is 0 Å². The van der Waals surface area contributed by atoms with Crippen molar-refractivity contribution in [3.05, 3.63) is 29.8 Å². The summed E-state index contributed by atoms with van der Waals surface area (Å²) in [6.07, 6.45) is 1.98. The standard InChI is InChI=1S/C12H18BrNO2S/c1-3-6-11(13)9-14-17(15,16)12-8-5-4-7-10(12)2/h4-5,7-8,11,14H,3,6,9H2,1-2H3. The molecule has 96 valence electrons. The molecule has 0 heterocycles. The molecule has 1 N–H and O–H groups in total. The third-order valence-electron chi connectivity index (χ3n) is 2.48. The van der Waals surface area contributed by atoms with Crippen molar-refractivity contribution in [2.75, 3.05) is 6.54 Å². The molecule has 1 aromatic rings. The van der Waals surface area contributed by atoms with Crippen LogP contribution in [0.2, 0.25) is 0 Å². The minimum atomic E-state index is -3.38. The van der Waals surface area contributed by atoms with Gasteiger partial charge in [0.2, 0.25) is 10.0 Å². The van der Waals surface area contributed by atoms with Gasteiger partial charge in [0.1, 0.15) is 0 Å². The van der Waals surface area contributed by atoms with Crippen LogP contribution in [-0.2, 0) is 10.0 Å². The molecule has 1 unspecified atom stereocenters. The first kappa shape index (κ1) is 14.7. The second-order valence-corrected chi connectivity index (χ2v) is 7.03. The van der Waals surface area contributed by atoms with Crippen LogP contribution >= 0.6 is 15.9 Å². The Morgan fingerprint density at radius 1 is 1.35 bits per heavy atom. The molecule has 0 bridgehead atoms. The summed E-state index contributed by atoms with van der Waals surface area (Å²) >= 11 is 3.45. The summed E-state index contributed by atoms with van der Waals surface area (Å²) in [5.41, 5.74) is 0.765. The normalized spacial score (nSPS) is 13.6. The number of hydrogen-bond donors (Lipinski definition) is 1. The zero-order valence-electron chi connectivity index (χ0n) is 10.1. The molecule has 17 heavy (non-hydrogen) atoms. The van der Waals surface area contributed by atoms with Gasteiger partial charge in [-0.05, 0) is 25.0 Å². The molecule has 1 aromatic carbocycles. The van der Waals surface area contributed by atoms with E-state index in [2.05, 4.69) is 27.6 Å². The number of benzene rings is 1. The number of alkyl halides is 1. The van der Waals surface area contributed by atoms with E-state index in [0.717, 1.165) is 18.4 Å². The molecule has 0 amide bonds. The Labute approximate surface area is 112 Å². The van der Waals surface area contributed by atoms with Gasteiger partial charge in [0, 0.05) is 11.4 Å². The highest BCUT2D eigenvalue weighted by Crippen LogP contribution is 2.14. The van der Waals surface area contributed by atoms with Crippen LogP contribution < -0.4 is 4.72 Å². The first-order valence-electron chi connectivity index (χ1n) is 5.66.